The molecule has 0 radical (unpaired) electrons. The number of nitrogens with one attached hydrogen (secondary N) is 1. The van der Waals surface area contributed by atoms with Crippen LogP contribution in [0.25, 0.3) is 0 Å². The molecule has 0 bridgehead atoms. The Morgan fingerprint density at radius 3 is 3.00 bits per heavy atom. The molecule has 29 heavy (non-hydrogen) atoms. The smallest absolute Gasteiger partial charge is 0.333 e. The van der Waals surface area contributed by atoms with Crippen LogP contribution in [0, 0.1) is 5.92 Å². The molecule has 4 rings (SSSR count). The Hall–Kier alpha value is -1.54. The summed E-state index contributed by atoms with van der Waals surface area (Å²) in [5.74, 6) is 0.0902. The van der Waals surface area contributed by atoms with Crippen LogP contribution in [-0.2, 0) is 18.3 Å². The molecule has 1 aromatic heterocycles. The highest BCUT2D eigenvalue weighted by Crippen LogP contribution is 2.50. The molecule has 0 amide bonds. The molecule has 5 atom stereocenters. The van der Waals surface area contributed by atoms with Gasteiger partial charge in [-0.05, 0) is 24.1 Å². The van der Waals surface area contributed by atoms with Crippen molar-refractivity contribution in [2.75, 3.05) is 13.2 Å². The quantitative estimate of drug-likeness (QED) is 0.715. The van der Waals surface area contributed by atoms with Crippen LogP contribution in [0.1, 0.15) is 37.7 Å². The summed E-state index contributed by atoms with van der Waals surface area (Å²) in [5.41, 5.74) is 0.0872. The summed E-state index contributed by atoms with van der Waals surface area (Å²) in [6, 6.07) is 8.89. The molecule has 2 aliphatic rings. The fourth-order valence-corrected chi connectivity index (χ4v) is 4.93. The summed E-state index contributed by atoms with van der Waals surface area (Å²) < 4.78 is 24.8. The monoisotopic (exact) mass is 440 g/mol. The van der Waals surface area contributed by atoms with Crippen LogP contribution >= 0.6 is 20.2 Å². The van der Waals surface area contributed by atoms with Crippen LogP contribution in [0.15, 0.2) is 46.1 Å². The molecule has 2 fully saturated rings. The number of hydrogen-bond acceptors (Lipinski definition) is 6. The molecule has 8 nitrogen and oxygen atoms in total. The van der Waals surface area contributed by atoms with E-state index in [9.17, 15) is 9.59 Å². The van der Waals surface area contributed by atoms with E-state index in [-0.39, 0.29) is 18.1 Å². The average molecular weight is 441 g/mol. The highest BCUT2D eigenvalue weighted by molar-refractivity contribution is 7.41. The van der Waals surface area contributed by atoms with Gasteiger partial charge in [-0.25, -0.2) is 4.79 Å². The third kappa shape index (κ3) is 4.97. The van der Waals surface area contributed by atoms with Crippen molar-refractivity contribution in [3.8, 4) is 0 Å². The van der Waals surface area contributed by atoms with Gasteiger partial charge in [-0.1, -0.05) is 30.7 Å². The normalized spacial score (nSPS) is 29.8. The fraction of sp³-hybridized carbons (Fsp3) is 0.474. The number of halogens is 1. The van der Waals surface area contributed by atoms with E-state index in [0.717, 1.165) is 18.4 Å². The topological polar surface area (TPSA) is 91.8 Å². The molecule has 156 valence electrons. The number of H-pyrrole nitrogens is 1. The molecule has 1 aromatic carbocycles. The Bertz CT molecular complexity index is 966. The molecule has 3 heterocycles. The Balaban J connectivity index is 1.33. The Kier molecular flexibility index (Phi) is 6.49. The van der Waals surface area contributed by atoms with E-state index in [1.807, 2.05) is 31.2 Å². The minimum absolute atomic E-state index is 0.0902. The second kappa shape index (κ2) is 9.08. The lowest BCUT2D eigenvalue weighted by Gasteiger charge is -2.29. The van der Waals surface area contributed by atoms with Gasteiger partial charge in [-0.15, -0.1) is 0 Å². The van der Waals surface area contributed by atoms with Crippen molar-refractivity contribution in [2.24, 2.45) is 5.92 Å². The SMILES string of the molecule is CC1CC(COP2OCCC(c3cccc(Cl)c3)O2)OC1n1ccc(=O)[nH]c1=O. The van der Waals surface area contributed by atoms with Gasteiger partial charge in [-0.3, -0.25) is 14.3 Å². The summed E-state index contributed by atoms with van der Waals surface area (Å²) in [7, 11) is -1.49. The Labute approximate surface area is 173 Å². The van der Waals surface area contributed by atoms with Crippen molar-refractivity contribution in [1.29, 1.82) is 0 Å². The molecule has 0 saturated carbocycles. The largest absolute Gasteiger partial charge is 0.352 e. The van der Waals surface area contributed by atoms with Crippen LogP contribution in [0.5, 0.6) is 0 Å². The second-order valence-corrected chi connectivity index (χ2v) is 8.78. The van der Waals surface area contributed by atoms with Gasteiger partial charge in [-0.2, -0.15) is 0 Å². The third-order valence-corrected chi connectivity index (χ3v) is 6.37. The summed E-state index contributed by atoms with van der Waals surface area (Å²) in [4.78, 5) is 25.5. The third-order valence-electron chi connectivity index (χ3n) is 4.95. The maximum Gasteiger partial charge on any atom is 0.333 e. The van der Waals surface area contributed by atoms with Crippen molar-refractivity contribution in [3.05, 3.63) is 68.0 Å². The number of nitrogens with zero attached hydrogens (tertiary/aromatic N) is 1. The maximum atomic E-state index is 12.0. The van der Waals surface area contributed by atoms with E-state index in [1.165, 1.54) is 16.8 Å². The molecule has 1 N–H and O–H groups in total. The summed E-state index contributed by atoms with van der Waals surface area (Å²) in [6.07, 6.45) is 2.14. The van der Waals surface area contributed by atoms with Gasteiger partial charge in [0.25, 0.3) is 5.56 Å². The average Bonchev–Trinajstić information content (AvgIpc) is 3.07. The van der Waals surface area contributed by atoms with E-state index in [0.29, 0.717) is 18.2 Å². The summed E-state index contributed by atoms with van der Waals surface area (Å²) in [5, 5.41) is 0.666. The molecule has 5 unspecified atom stereocenters. The van der Waals surface area contributed by atoms with E-state index in [1.54, 1.807) is 0 Å². The second-order valence-electron chi connectivity index (χ2n) is 7.17. The van der Waals surface area contributed by atoms with Crippen LogP contribution in [0.4, 0.5) is 0 Å². The molecule has 0 aliphatic carbocycles. The predicted octanol–water partition coefficient (Wildman–Crippen LogP) is 3.54. The Morgan fingerprint density at radius 2 is 2.21 bits per heavy atom. The number of ether oxygens (including phenoxy) is 1. The zero-order chi connectivity index (χ0) is 20.4. The standard InChI is InChI=1S/C19H22ClN2O6P/c1-12-9-15(27-18(12)22-7-5-17(23)21-19(22)24)11-26-29-25-8-6-16(28-29)13-3-2-4-14(20)10-13/h2-5,7,10,12,15-16,18H,6,8-9,11H2,1H3,(H,21,23,24). The first-order valence-corrected chi connectivity index (χ1v) is 10.9. The van der Waals surface area contributed by atoms with E-state index in [2.05, 4.69) is 4.98 Å². The summed E-state index contributed by atoms with van der Waals surface area (Å²) in [6.45, 7) is 2.84. The van der Waals surface area contributed by atoms with Crippen molar-refractivity contribution in [3.63, 3.8) is 0 Å². The zero-order valence-corrected chi connectivity index (χ0v) is 17.5. The van der Waals surface area contributed by atoms with Crippen LogP contribution < -0.4 is 11.2 Å². The predicted molar refractivity (Wildman–Crippen MR) is 108 cm³/mol. The lowest BCUT2D eigenvalue weighted by molar-refractivity contribution is -0.0369. The number of aromatic nitrogens is 2. The van der Waals surface area contributed by atoms with Crippen molar-refractivity contribution in [2.45, 2.75) is 38.2 Å². The first-order chi connectivity index (χ1) is 14.0. The minimum Gasteiger partial charge on any atom is -0.352 e. The number of rotatable bonds is 5. The molecule has 10 heteroatoms. The van der Waals surface area contributed by atoms with Gasteiger partial charge < -0.3 is 18.3 Å². The molecular weight excluding hydrogens is 419 g/mol. The van der Waals surface area contributed by atoms with Crippen LogP contribution in [0.3, 0.4) is 0 Å². The van der Waals surface area contributed by atoms with Gasteiger partial charge in [0.05, 0.1) is 25.4 Å². The molecular formula is C19H22ClN2O6P. The minimum atomic E-state index is -1.49. The van der Waals surface area contributed by atoms with Gasteiger partial charge in [0.1, 0.15) is 6.23 Å². The first kappa shape index (κ1) is 20.7. The first-order valence-electron chi connectivity index (χ1n) is 9.45. The lowest BCUT2D eigenvalue weighted by atomic mass is 10.1. The Morgan fingerprint density at radius 1 is 1.34 bits per heavy atom. The van der Waals surface area contributed by atoms with Gasteiger partial charge in [0, 0.05) is 29.6 Å². The summed E-state index contributed by atoms with van der Waals surface area (Å²) >= 11 is 6.07. The lowest BCUT2D eigenvalue weighted by Crippen LogP contribution is -2.33. The van der Waals surface area contributed by atoms with E-state index in [4.69, 9.17) is 29.9 Å². The highest BCUT2D eigenvalue weighted by Gasteiger charge is 2.35. The van der Waals surface area contributed by atoms with Crippen molar-refractivity contribution in [1.82, 2.24) is 9.55 Å². The zero-order valence-electron chi connectivity index (χ0n) is 15.8. The van der Waals surface area contributed by atoms with E-state index < -0.39 is 26.1 Å². The highest BCUT2D eigenvalue weighted by atomic mass is 35.5. The van der Waals surface area contributed by atoms with Gasteiger partial charge >= 0.3 is 14.3 Å². The van der Waals surface area contributed by atoms with Crippen molar-refractivity contribution >= 4 is 20.2 Å². The van der Waals surface area contributed by atoms with E-state index >= 15 is 0 Å². The van der Waals surface area contributed by atoms with Crippen LogP contribution in [0.2, 0.25) is 5.02 Å². The molecule has 2 saturated heterocycles. The molecule has 2 aromatic rings. The van der Waals surface area contributed by atoms with Gasteiger partial charge in [0.15, 0.2) is 0 Å². The number of aromatic amines is 1. The van der Waals surface area contributed by atoms with Crippen LogP contribution in [-0.4, -0.2) is 28.9 Å². The number of hydrogen-bond donors (Lipinski definition) is 1. The maximum absolute atomic E-state index is 12.0. The number of benzene rings is 1. The molecule has 2 aliphatic heterocycles. The fourth-order valence-electron chi connectivity index (χ4n) is 3.56. The van der Waals surface area contributed by atoms with Gasteiger partial charge in [0.2, 0.25) is 0 Å². The van der Waals surface area contributed by atoms with Crippen molar-refractivity contribution < 1.29 is 18.3 Å². The molecule has 0 spiro atoms.